The number of piperidine rings is 1. The van der Waals surface area contributed by atoms with E-state index in [0.29, 0.717) is 22.9 Å². The number of rotatable bonds is 12. The third-order valence-electron chi connectivity index (χ3n) is 7.22. The van der Waals surface area contributed by atoms with Gasteiger partial charge in [-0.05, 0) is 55.2 Å². The van der Waals surface area contributed by atoms with Crippen LogP contribution in [0.4, 0.5) is 5.69 Å². The van der Waals surface area contributed by atoms with Crippen molar-refractivity contribution in [1.29, 1.82) is 5.41 Å². The van der Waals surface area contributed by atoms with Crippen molar-refractivity contribution in [2.24, 2.45) is 5.73 Å². The molecular weight excluding hydrogens is 647 g/mol. The maximum Gasteiger partial charge on any atom is 0.320 e. The van der Waals surface area contributed by atoms with Crippen LogP contribution in [0.25, 0.3) is 6.08 Å². The number of benzene rings is 3. The van der Waals surface area contributed by atoms with Gasteiger partial charge in [-0.15, -0.1) is 24.8 Å². The number of halogens is 3. The minimum atomic E-state index is -4.22. The van der Waals surface area contributed by atoms with Gasteiger partial charge >= 0.3 is 5.97 Å². The fourth-order valence-electron chi connectivity index (χ4n) is 4.95. The molecule has 1 unspecified atom stereocenters. The maximum absolute atomic E-state index is 13.0. The number of nitrogen functional groups attached to an aromatic ring is 1. The lowest BCUT2D eigenvalue weighted by Crippen LogP contribution is -2.39. The lowest BCUT2D eigenvalue weighted by molar-refractivity contribution is -0.134. The predicted molar refractivity (Wildman–Crippen MR) is 181 cm³/mol. The van der Waals surface area contributed by atoms with Crippen LogP contribution in [0.2, 0.25) is 5.02 Å². The van der Waals surface area contributed by atoms with Crippen molar-refractivity contribution in [3.8, 4) is 5.75 Å². The van der Waals surface area contributed by atoms with Crippen LogP contribution in [0.15, 0.2) is 78.9 Å². The number of nitrogens with zero attached hydrogens (tertiary/aromatic N) is 2. The Morgan fingerprint density at radius 2 is 1.80 bits per heavy atom. The van der Waals surface area contributed by atoms with Crippen molar-refractivity contribution in [1.82, 2.24) is 4.90 Å². The van der Waals surface area contributed by atoms with Crippen molar-refractivity contribution in [3.05, 3.63) is 101 Å². The van der Waals surface area contributed by atoms with Gasteiger partial charge in [-0.25, -0.2) is 8.42 Å². The Hall–Kier alpha value is -3.28. The average molecular weight is 684 g/mol. The summed E-state index contributed by atoms with van der Waals surface area (Å²) in [5, 5.41) is 17.1. The topological polar surface area (TPSA) is 137 Å². The molecule has 0 saturated carbocycles. The molecule has 1 aliphatic rings. The largest absolute Gasteiger partial charge is 0.489 e. The molecule has 1 aliphatic heterocycles. The molecule has 0 amide bonds. The Labute approximate surface area is 276 Å². The van der Waals surface area contributed by atoms with Gasteiger partial charge in [0.15, 0.2) is 5.75 Å². The summed E-state index contributed by atoms with van der Waals surface area (Å²) in [7, 11) is -4.22. The summed E-state index contributed by atoms with van der Waals surface area (Å²) in [5.74, 6) is -2.17. The number of sulfonamides is 1. The molecule has 44 heavy (non-hydrogen) atoms. The summed E-state index contributed by atoms with van der Waals surface area (Å²) in [5.41, 5.74) is 8.30. The molecule has 1 heterocycles. The van der Waals surface area contributed by atoms with E-state index in [1.165, 1.54) is 11.6 Å². The van der Waals surface area contributed by atoms with Gasteiger partial charge in [0.05, 0.1) is 17.3 Å². The number of anilines is 1. The zero-order valence-corrected chi connectivity index (χ0v) is 27.3. The summed E-state index contributed by atoms with van der Waals surface area (Å²) in [6.45, 7) is 3.82. The molecule has 1 saturated heterocycles. The molecule has 0 bridgehead atoms. The van der Waals surface area contributed by atoms with Gasteiger partial charge in [-0.1, -0.05) is 72.3 Å². The number of hydrogen-bond donors (Lipinski definition) is 3. The standard InChI is InChI=1S/C31H35ClN4O5S.2ClH/c1-22(24-9-3-2-4-10-24)35-17-14-27(15-18-35)41-29-13-12-26(20-28(29)32)36(42(39,40)21-30(37)38)16-6-8-23-7-5-11-25(19-23)31(33)34;;/h2-13,19-20,22,27H,14-18,21H2,1H3,(H3,33,34)(H,37,38);2*1H/b8-6+;;. The number of hydrogen-bond acceptors (Lipinski definition) is 6. The number of nitrogens with one attached hydrogen (secondary N) is 1. The zero-order valence-electron chi connectivity index (χ0n) is 24.1. The van der Waals surface area contributed by atoms with E-state index in [4.69, 9.17) is 27.5 Å². The van der Waals surface area contributed by atoms with E-state index in [-0.39, 0.29) is 54.0 Å². The van der Waals surface area contributed by atoms with E-state index < -0.39 is 21.7 Å². The number of likely N-dealkylation sites (tertiary alicyclic amines) is 1. The van der Waals surface area contributed by atoms with Crippen molar-refractivity contribution in [3.63, 3.8) is 0 Å². The monoisotopic (exact) mass is 682 g/mol. The van der Waals surface area contributed by atoms with E-state index in [0.717, 1.165) is 30.2 Å². The van der Waals surface area contributed by atoms with E-state index in [2.05, 4.69) is 24.0 Å². The van der Waals surface area contributed by atoms with Crippen molar-refractivity contribution >= 4 is 70.0 Å². The first-order valence-corrected chi connectivity index (χ1v) is 15.6. The molecule has 9 nitrogen and oxygen atoms in total. The van der Waals surface area contributed by atoms with Crippen LogP contribution in [-0.2, 0) is 14.8 Å². The molecule has 0 radical (unpaired) electrons. The molecule has 0 aliphatic carbocycles. The Morgan fingerprint density at radius 3 is 2.41 bits per heavy atom. The second kappa shape index (κ2) is 16.7. The van der Waals surface area contributed by atoms with E-state index in [1.54, 1.807) is 48.6 Å². The summed E-state index contributed by atoms with van der Waals surface area (Å²) < 4.78 is 33.3. The highest BCUT2D eigenvalue weighted by atomic mass is 35.5. The zero-order chi connectivity index (χ0) is 30.3. The second-order valence-corrected chi connectivity index (χ2v) is 12.5. The molecule has 4 N–H and O–H groups in total. The molecule has 3 aromatic carbocycles. The maximum atomic E-state index is 13.0. The van der Waals surface area contributed by atoms with Crippen molar-refractivity contribution in [2.75, 3.05) is 29.7 Å². The highest BCUT2D eigenvalue weighted by molar-refractivity contribution is 7.93. The lowest BCUT2D eigenvalue weighted by atomic mass is 10.0. The summed E-state index contributed by atoms with van der Waals surface area (Å²) in [6.07, 6.45) is 4.89. The quantitative estimate of drug-likeness (QED) is 0.157. The van der Waals surface area contributed by atoms with Gasteiger partial charge in [-0.3, -0.25) is 19.4 Å². The predicted octanol–water partition coefficient (Wildman–Crippen LogP) is 6.01. The summed E-state index contributed by atoms with van der Waals surface area (Å²) >= 11 is 6.56. The molecule has 0 aromatic heterocycles. The smallest absolute Gasteiger partial charge is 0.320 e. The SMILES string of the molecule is CC(c1ccccc1)N1CCC(Oc2ccc(N(C/C=C/c3cccc(C(=N)N)c3)S(=O)(=O)CC(=O)O)cc2Cl)CC1.Cl.Cl. The van der Waals surface area contributed by atoms with Crippen LogP contribution < -0.4 is 14.8 Å². The van der Waals surface area contributed by atoms with Crippen molar-refractivity contribution in [2.45, 2.75) is 31.9 Å². The molecule has 4 rings (SSSR count). The van der Waals surface area contributed by atoms with E-state index in [1.807, 2.05) is 18.2 Å². The van der Waals surface area contributed by atoms with Crippen LogP contribution in [0.5, 0.6) is 5.75 Å². The van der Waals surface area contributed by atoms with Crippen molar-refractivity contribution < 1.29 is 23.1 Å². The molecule has 1 atom stereocenters. The van der Waals surface area contributed by atoms with Crippen LogP contribution in [0.1, 0.15) is 42.5 Å². The van der Waals surface area contributed by atoms with Crippen LogP contribution in [0, 0.1) is 5.41 Å². The molecular formula is C31H37Cl3N4O5S. The van der Waals surface area contributed by atoms with Crippen LogP contribution in [0.3, 0.4) is 0 Å². The first-order valence-electron chi connectivity index (χ1n) is 13.6. The first-order chi connectivity index (χ1) is 20.0. The highest BCUT2D eigenvalue weighted by Crippen LogP contribution is 2.33. The third-order valence-corrected chi connectivity index (χ3v) is 9.16. The van der Waals surface area contributed by atoms with Gasteiger partial charge in [0.2, 0.25) is 10.0 Å². The van der Waals surface area contributed by atoms with Gasteiger partial charge in [0, 0.05) is 24.7 Å². The Balaban J connectivity index is 0.00000337. The number of carbonyl (C=O) groups is 1. The molecule has 0 spiro atoms. The van der Waals surface area contributed by atoms with Gasteiger partial charge in [0.1, 0.15) is 17.7 Å². The van der Waals surface area contributed by atoms with Gasteiger partial charge < -0.3 is 15.6 Å². The average Bonchev–Trinajstić information content (AvgIpc) is 2.96. The van der Waals surface area contributed by atoms with Crippen LogP contribution >= 0.6 is 36.4 Å². The lowest BCUT2D eigenvalue weighted by Gasteiger charge is -2.36. The first kappa shape index (κ1) is 36.9. The minimum absolute atomic E-state index is 0. The number of carboxylic acid groups (broad SMARTS) is 1. The summed E-state index contributed by atoms with van der Waals surface area (Å²) in [6, 6.07) is 22.3. The molecule has 3 aromatic rings. The normalized spacial score (nSPS) is 14.7. The number of aliphatic carboxylic acids is 1. The molecule has 238 valence electrons. The summed E-state index contributed by atoms with van der Waals surface area (Å²) in [4.78, 5) is 13.8. The molecule has 13 heteroatoms. The molecule has 1 fully saturated rings. The van der Waals surface area contributed by atoms with E-state index in [9.17, 15) is 18.3 Å². The van der Waals surface area contributed by atoms with E-state index >= 15 is 0 Å². The van der Waals surface area contributed by atoms with Crippen LogP contribution in [-0.4, -0.2) is 61.7 Å². The number of nitrogens with two attached hydrogens (primary N) is 1. The minimum Gasteiger partial charge on any atom is -0.489 e. The number of carboxylic acids is 1. The highest BCUT2D eigenvalue weighted by Gasteiger charge is 2.27. The second-order valence-electron chi connectivity index (χ2n) is 10.2. The fourth-order valence-corrected chi connectivity index (χ4v) is 6.39. The fraction of sp³-hybridized carbons (Fsp3) is 0.290. The Kier molecular flexibility index (Phi) is 14.0. The van der Waals surface area contributed by atoms with Gasteiger partial charge in [0.25, 0.3) is 0 Å². The third kappa shape index (κ3) is 9.87. The Morgan fingerprint density at radius 1 is 1.11 bits per heavy atom. The van der Waals surface area contributed by atoms with Gasteiger partial charge in [-0.2, -0.15) is 0 Å². The number of amidine groups is 1. The Bertz CT molecular complexity index is 1550. The number of ether oxygens (including phenoxy) is 1.